The Morgan fingerprint density at radius 2 is 2.33 bits per heavy atom. The summed E-state index contributed by atoms with van der Waals surface area (Å²) < 4.78 is 7.18. The Balaban J connectivity index is 2.58. The predicted molar refractivity (Wildman–Crippen MR) is 67.7 cm³/mol. The summed E-state index contributed by atoms with van der Waals surface area (Å²) in [6.07, 6.45) is 3.96. The number of ether oxygens (including phenoxy) is 1. The topological polar surface area (TPSA) is 76.4 Å². The number of likely N-dealkylation sites (N-methyl/N-ethyl adjacent to an activating group) is 1. The van der Waals surface area contributed by atoms with E-state index < -0.39 is 11.5 Å². The van der Waals surface area contributed by atoms with Gasteiger partial charge in [-0.25, -0.2) is 0 Å². The highest BCUT2D eigenvalue weighted by atomic mass is 16.5. The summed E-state index contributed by atoms with van der Waals surface area (Å²) in [5.74, 6) is -0.165. The summed E-state index contributed by atoms with van der Waals surface area (Å²) in [4.78, 5) is 11.1. The Kier molecular flexibility index (Phi) is 4.72. The summed E-state index contributed by atoms with van der Waals surface area (Å²) in [6, 6.07) is 0. The molecule has 0 fully saturated rings. The van der Waals surface area contributed by atoms with Crippen LogP contribution >= 0.6 is 0 Å². The van der Waals surface area contributed by atoms with Gasteiger partial charge in [-0.15, -0.1) is 0 Å². The van der Waals surface area contributed by atoms with Crippen LogP contribution in [-0.4, -0.2) is 39.5 Å². The molecule has 1 rings (SSSR count). The molecule has 0 saturated carbocycles. The van der Waals surface area contributed by atoms with Crippen LogP contribution in [-0.2, 0) is 11.3 Å². The van der Waals surface area contributed by atoms with Crippen molar-refractivity contribution in [3.05, 3.63) is 12.4 Å². The van der Waals surface area contributed by atoms with Crippen molar-refractivity contribution in [1.82, 2.24) is 15.1 Å². The first-order chi connectivity index (χ1) is 8.37. The van der Waals surface area contributed by atoms with Crippen molar-refractivity contribution in [3.63, 3.8) is 0 Å². The summed E-state index contributed by atoms with van der Waals surface area (Å²) in [5.41, 5.74) is -0.939. The maximum atomic E-state index is 11.1. The first kappa shape index (κ1) is 14.5. The fourth-order valence-corrected chi connectivity index (χ4v) is 1.48. The van der Waals surface area contributed by atoms with E-state index in [9.17, 15) is 4.79 Å². The monoisotopic (exact) mass is 255 g/mol. The van der Waals surface area contributed by atoms with E-state index in [-0.39, 0.29) is 6.10 Å². The van der Waals surface area contributed by atoms with Crippen LogP contribution in [0.4, 0.5) is 0 Å². The zero-order valence-electron chi connectivity index (χ0n) is 11.3. The zero-order chi connectivity index (χ0) is 13.8. The zero-order valence-corrected chi connectivity index (χ0v) is 11.3. The van der Waals surface area contributed by atoms with Crippen LogP contribution in [0.5, 0.6) is 5.75 Å². The number of hydrogen-bond donors (Lipinski definition) is 2. The Hall–Kier alpha value is -1.56. The van der Waals surface area contributed by atoms with E-state index in [1.54, 1.807) is 31.0 Å². The summed E-state index contributed by atoms with van der Waals surface area (Å²) in [7, 11) is 1.64. The van der Waals surface area contributed by atoms with Crippen LogP contribution in [0.25, 0.3) is 0 Å². The number of nitrogens with one attached hydrogen (secondary N) is 1. The molecule has 6 heteroatoms. The largest absolute Gasteiger partial charge is 0.488 e. The lowest BCUT2D eigenvalue weighted by atomic mass is 9.98. The Morgan fingerprint density at radius 1 is 1.67 bits per heavy atom. The summed E-state index contributed by atoms with van der Waals surface area (Å²) >= 11 is 0. The van der Waals surface area contributed by atoms with E-state index in [4.69, 9.17) is 9.84 Å². The fourth-order valence-electron chi connectivity index (χ4n) is 1.48. The van der Waals surface area contributed by atoms with Gasteiger partial charge in [0.05, 0.1) is 18.5 Å². The van der Waals surface area contributed by atoms with Gasteiger partial charge in [-0.1, -0.05) is 0 Å². The van der Waals surface area contributed by atoms with E-state index >= 15 is 0 Å². The minimum Gasteiger partial charge on any atom is -0.488 e. The molecule has 1 aromatic rings. The molecule has 0 aliphatic rings. The van der Waals surface area contributed by atoms with Gasteiger partial charge in [0.1, 0.15) is 5.54 Å². The molecule has 0 amide bonds. The number of hydrogen-bond acceptors (Lipinski definition) is 4. The first-order valence-corrected chi connectivity index (χ1v) is 5.99. The number of rotatable bonds is 7. The average molecular weight is 255 g/mol. The lowest BCUT2D eigenvalue weighted by molar-refractivity contribution is -0.144. The number of aliphatic carboxylic acids is 1. The molecule has 0 spiro atoms. The third-order valence-electron chi connectivity index (χ3n) is 2.85. The van der Waals surface area contributed by atoms with Crippen molar-refractivity contribution in [2.45, 2.75) is 45.4 Å². The van der Waals surface area contributed by atoms with E-state index in [2.05, 4.69) is 10.4 Å². The van der Waals surface area contributed by atoms with Crippen LogP contribution in [0, 0.1) is 0 Å². The smallest absolute Gasteiger partial charge is 0.323 e. The first-order valence-electron chi connectivity index (χ1n) is 5.99. The summed E-state index contributed by atoms with van der Waals surface area (Å²) in [6.45, 7) is 6.06. The molecule has 2 N–H and O–H groups in total. The molecular formula is C12H21N3O3. The Labute approximate surface area is 107 Å². The van der Waals surface area contributed by atoms with Gasteiger partial charge in [0.2, 0.25) is 0 Å². The lowest BCUT2D eigenvalue weighted by Crippen LogP contribution is -2.48. The average Bonchev–Trinajstić information content (AvgIpc) is 2.72. The van der Waals surface area contributed by atoms with E-state index in [0.717, 1.165) is 0 Å². The highest BCUT2D eigenvalue weighted by molar-refractivity contribution is 5.78. The minimum atomic E-state index is -0.939. The van der Waals surface area contributed by atoms with Crippen LogP contribution in [0.1, 0.15) is 27.2 Å². The van der Waals surface area contributed by atoms with Crippen LogP contribution in [0.15, 0.2) is 12.4 Å². The molecule has 1 atom stereocenters. The molecule has 0 aliphatic carbocycles. The molecule has 1 heterocycles. The summed E-state index contributed by atoms with van der Waals surface area (Å²) in [5, 5.41) is 16.1. The van der Waals surface area contributed by atoms with E-state index in [1.165, 1.54) is 0 Å². The normalized spacial score (nSPS) is 14.5. The number of aromatic nitrogens is 2. The molecule has 1 unspecified atom stereocenters. The molecule has 0 saturated heterocycles. The van der Waals surface area contributed by atoms with Crippen LogP contribution < -0.4 is 10.1 Å². The van der Waals surface area contributed by atoms with Crippen molar-refractivity contribution in [2.75, 3.05) is 7.05 Å². The molecule has 0 aliphatic heterocycles. The van der Waals surface area contributed by atoms with Gasteiger partial charge >= 0.3 is 5.97 Å². The maximum absolute atomic E-state index is 11.1. The van der Waals surface area contributed by atoms with Crippen LogP contribution in [0.2, 0.25) is 0 Å². The quantitative estimate of drug-likeness (QED) is 0.763. The van der Waals surface area contributed by atoms with Crippen molar-refractivity contribution >= 4 is 5.97 Å². The number of aryl methyl sites for hydroxylation is 1. The Bertz CT molecular complexity index is 403. The second-order valence-corrected chi connectivity index (χ2v) is 4.74. The minimum absolute atomic E-state index is 0.101. The molecule has 0 aromatic carbocycles. The molecule has 102 valence electrons. The van der Waals surface area contributed by atoms with Gasteiger partial charge in [-0.2, -0.15) is 5.10 Å². The number of carboxylic acid groups (broad SMARTS) is 1. The van der Waals surface area contributed by atoms with E-state index in [1.807, 2.05) is 13.8 Å². The molecule has 0 bridgehead atoms. The molecule has 1 aromatic heterocycles. The predicted octanol–water partition coefficient (Wildman–Crippen LogP) is 1.12. The maximum Gasteiger partial charge on any atom is 0.323 e. The second kappa shape index (κ2) is 5.86. The highest BCUT2D eigenvalue weighted by Gasteiger charge is 2.30. The second-order valence-electron chi connectivity index (χ2n) is 4.74. The number of nitrogens with zero attached hydrogens (tertiary/aromatic N) is 2. The van der Waals surface area contributed by atoms with Gasteiger partial charge in [0.25, 0.3) is 0 Å². The number of carbonyl (C=O) groups is 1. The third kappa shape index (κ3) is 3.73. The Morgan fingerprint density at radius 3 is 2.83 bits per heavy atom. The number of carboxylic acids is 1. The highest BCUT2D eigenvalue weighted by Crippen LogP contribution is 2.14. The van der Waals surface area contributed by atoms with Gasteiger partial charge < -0.3 is 15.2 Å². The molecule has 18 heavy (non-hydrogen) atoms. The van der Waals surface area contributed by atoms with Gasteiger partial charge in [-0.05, 0) is 34.2 Å². The van der Waals surface area contributed by atoms with Crippen molar-refractivity contribution < 1.29 is 14.6 Å². The van der Waals surface area contributed by atoms with Crippen LogP contribution in [0.3, 0.4) is 0 Å². The fraction of sp³-hybridized carbons (Fsp3) is 0.667. The van der Waals surface area contributed by atoms with Crippen molar-refractivity contribution in [3.8, 4) is 5.75 Å². The van der Waals surface area contributed by atoms with Gasteiger partial charge in [0.15, 0.2) is 5.75 Å². The molecule has 0 radical (unpaired) electrons. The molecule has 6 nitrogen and oxygen atoms in total. The van der Waals surface area contributed by atoms with Gasteiger partial charge in [-0.3, -0.25) is 9.48 Å². The van der Waals surface area contributed by atoms with E-state index in [0.29, 0.717) is 18.7 Å². The standard InChI is InChI=1S/C12H21N3O3/c1-9(2)18-10-7-14-15(8-10)6-5-12(3,13-4)11(16)17/h7-9,13H,5-6H2,1-4H3,(H,16,17). The van der Waals surface area contributed by atoms with Crippen molar-refractivity contribution in [2.24, 2.45) is 0 Å². The SMILES string of the molecule is CNC(C)(CCn1cc(OC(C)C)cn1)C(=O)O. The molecular weight excluding hydrogens is 234 g/mol. The third-order valence-corrected chi connectivity index (χ3v) is 2.85. The van der Waals surface area contributed by atoms with Gasteiger partial charge in [0, 0.05) is 6.54 Å². The van der Waals surface area contributed by atoms with Crippen molar-refractivity contribution in [1.29, 1.82) is 0 Å². The lowest BCUT2D eigenvalue weighted by Gasteiger charge is -2.23.